The van der Waals surface area contributed by atoms with Crippen LogP contribution in [0.1, 0.15) is 17.7 Å². The first-order valence-electron chi connectivity index (χ1n) is 3.56. The molecule has 0 amide bonds. The van der Waals surface area contributed by atoms with Crippen molar-refractivity contribution < 1.29 is 4.74 Å². The van der Waals surface area contributed by atoms with Crippen LogP contribution < -0.4 is 4.74 Å². The van der Waals surface area contributed by atoms with Gasteiger partial charge in [-0.25, -0.2) is 0 Å². The van der Waals surface area contributed by atoms with Crippen molar-refractivity contribution in [1.29, 1.82) is 0 Å². The minimum atomic E-state index is 0.269. The van der Waals surface area contributed by atoms with Crippen molar-refractivity contribution in [3.63, 3.8) is 0 Å². The number of methoxy groups -OCH3 is 1. The fourth-order valence-electron chi connectivity index (χ4n) is 0.901. The molecule has 0 spiro atoms. The zero-order chi connectivity index (χ0) is 8.27. The Morgan fingerprint density at radius 2 is 2.18 bits per heavy atom. The van der Waals surface area contributed by atoms with Crippen molar-refractivity contribution in [3.8, 4) is 5.75 Å². The van der Waals surface area contributed by atoms with E-state index in [0.29, 0.717) is 0 Å². The van der Waals surface area contributed by atoms with E-state index in [2.05, 4.69) is 12.6 Å². The highest BCUT2D eigenvalue weighted by Gasteiger charge is 1.99. The molecule has 1 rings (SSSR count). The molecular formula is C9H12OS. The van der Waals surface area contributed by atoms with E-state index in [1.165, 1.54) is 5.56 Å². The summed E-state index contributed by atoms with van der Waals surface area (Å²) in [5.74, 6) is 0.892. The molecule has 0 aliphatic rings. The number of ether oxygens (including phenoxy) is 1. The molecule has 1 nitrogen and oxygen atoms in total. The zero-order valence-electron chi connectivity index (χ0n) is 6.74. The van der Waals surface area contributed by atoms with Gasteiger partial charge in [-0.1, -0.05) is 12.1 Å². The van der Waals surface area contributed by atoms with Crippen molar-refractivity contribution in [3.05, 3.63) is 29.8 Å². The maximum absolute atomic E-state index is 5.07. The molecule has 0 radical (unpaired) electrons. The maximum Gasteiger partial charge on any atom is 0.119 e. The van der Waals surface area contributed by atoms with Gasteiger partial charge in [-0.3, -0.25) is 0 Å². The van der Waals surface area contributed by atoms with Gasteiger partial charge in [0, 0.05) is 5.25 Å². The molecule has 0 bridgehead atoms. The van der Waals surface area contributed by atoms with Gasteiger partial charge in [0.25, 0.3) is 0 Å². The third kappa shape index (κ3) is 2.15. The lowest BCUT2D eigenvalue weighted by Gasteiger charge is -2.05. The molecule has 1 aromatic carbocycles. The highest BCUT2D eigenvalue weighted by molar-refractivity contribution is 7.80. The van der Waals surface area contributed by atoms with Crippen LogP contribution in [0, 0.1) is 0 Å². The van der Waals surface area contributed by atoms with Gasteiger partial charge in [-0.2, -0.15) is 12.6 Å². The first kappa shape index (κ1) is 8.47. The van der Waals surface area contributed by atoms with Crippen LogP contribution >= 0.6 is 12.6 Å². The minimum Gasteiger partial charge on any atom is -0.497 e. The molecule has 0 unspecified atom stereocenters. The molecule has 1 atom stereocenters. The van der Waals surface area contributed by atoms with Crippen LogP contribution in [-0.4, -0.2) is 7.11 Å². The summed E-state index contributed by atoms with van der Waals surface area (Å²) in [6, 6.07) is 7.94. The normalized spacial score (nSPS) is 12.6. The van der Waals surface area contributed by atoms with E-state index >= 15 is 0 Å². The monoisotopic (exact) mass is 168 g/mol. The van der Waals surface area contributed by atoms with Crippen molar-refractivity contribution in [2.24, 2.45) is 0 Å². The largest absolute Gasteiger partial charge is 0.497 e. The van der Waals surface area contributed by atoms with E-state index in [0.717, 1.165) is 5.75 Å². The molecule has 11 heavy (non-hydrogen) atoms. The molecule has 0 aliphatic carbocycles. The Morgan fingerprint density at radius 3 is 2.73 bits per heavy atom. The summed E-state index contributed by atoms with van der Waals surface area (Å²) in [5.41, 5.74) is 1.19. The van der Waals surface area contributed by atoms with Crippen LogP contribution in [0.15, 0.2) is 24.3 Å². The predicted octanol–water partition coefficient (Wildman–Crippen LogP) is 2.69. The summed E-state index contributed by atoms with van der Waals surface area (Å²) in [7, 11) is 1.67. The average molecular weight is 168 g/mol. The van der Waals surface area contributed by atoms with Crippen molar-refractivity contribution in [2.75, 3.05) is 7.11 Å². The summed E-state index contributed by atoms with van der Waals surface area (Å²) in [4.78, 5) is 0. The van der Waals surface area contributed by atoms with Gasteiger partial charge in [0.2, 0.25) is 0 Å². The molecule has 2 heteroatoms. The minimum absolute atomic E-state index is 0.269. The Labute approximate surface area is 72.8 Å². The zero-order valence-corrected chi connectivity index (χ0v) is 7.64. The summed E-state index contributed by atoms with van der Waals surface area (Å²) in [6.45, 7) is 2.04. The van der Waals surface area contributed by atoms with Crippen LogP contribution in [0.2, 0.25) is 0 Å². The fourth-order valence-corrected chi connectivity index (χ4v) is 1.06. The lowest BCUT2D eigenvalue weighted by atomic mass is 10.1. The SMILES string of the molecule is COc1cccc([C@H](C)S)c1. The molecule has 0 heterocycles. The second-order valence-corrected chi connectivity index (χ2v) is 3.23. The highest BCUT2D eigenvalue weighted by Crippen LogP contribution is 2.22. The van der Waals surface area contributed by atoms with E-state index in [4.69, 9.17) is 4.74 Å². The average Bonchev–Trinajstić information content (AvgIpc) is 2.05. The molecule has 0 aliphatic heterocycles. The van der Waals surface area contributed by atoms with Crippen LogP contribution in [0.4, 0.5) is 0 Å². The quantitative estimate of drug-likeness (QED) is 0.668. The van der Waals surface area contributed by atoms with Crippen LogP contribution in [-0.2, 0) is 0 Å². The van der Waals surface area contributed by atoms with Gasteiger partial charge in [0.15, 0.2) is 0 Å². The lowest BCUT2D eigenvalue weighted by Crippen LogP contribution is -1.86. The molecule has 0 saturated carbocycles. The first-order chi connectivity index (χ1) is 5.24. The molecule has 0 N–H and O–H groups in total. The van der Waals surface area contributed by atoms with Crippen molar-refractivity contribution in [2.45, 2.75) is 12.2 Å². The standard InChI is InChI=1S/C9H12OS/c1-7(11)8-4-3-5-9(6-8)10-2/h3-7,11H,1-2H3/t7-/m0/s1. The van der Waals surface area contributed by atoms with Crippen LogP contribution in [0.25, 0.3) is 0 Å². The summed E-state index contributed by atoms with van der Waals surface area (Å²) >= 11 is 4.32. The topological polar surface area (TPSA) is 9.23 Å². The van der Waals surface area contributed by atoms with Crippen LogP contribution in [0.5, 0.6) is 5.75 Å². The summed E-state index contributed by atoms with van der Waals surface area (Å²) in [5, 5.41) is 0.269. The van der Waals surface area contributed by atoms with Gasteiger partial charge in [-0.15, -0.1) is 0 Å². The first-order valence-corrected chi connectivity index (χ1v) is 4.07. The molecule has 0 fully saturated rings. The van der Waals surface area contributed by atoms with Gasteiger partial charge < -0.3 is 4.74 Å². The van der Waals surface area contributed by atoms with Gasteiger partial charge >= 0.3 is 0 Å². The highest BCUT2D eigenvalue weighted by atomic mass is 32.1. The van der Waals surface area contributed by atoms with Gasteiger partial charge in [0.1, 0.15) is 5.75 Å². The van der Waals surface area contributed by atoms with Crippen LogP contribution in [0.3, 0.4) is 0 Å². The fraction of sp³-hybridized carbons (Fsp3) is 0.333. The van der Waals surface area contributed by atoms with Gasteiger partial charge in [0.05, 0.1) is 7.11 Å². The number of thiol groups is 1. The van der Waals surface area contributed by atoms with E-state index in [1.807, 2.05) is 31.2 Å². The number of benzene rings is 1. The summed E-state index contributed by atoms with van der Waals surface area (Å²) in [6.07, 6.45) is 0. The van der Waals surface area contributed by atoms with E-state index in [-0.39, 0.29) is 5.25 Å². The number of rotatable bonds is 2. The van der Waals surface area contributed by atoms with E-state index in [1.54, 1.807) is 7.11 Å². The smallest absolute Gasteiger partial charge is 0.119 e. The third-order valence-electron chi connectivity index (χ3n) is 1.58. The second kappa shape index (κ2) is 3.67. The lowest BCUT2D eigenvalue weighted by molar-refractivity contribution is 0.414. The Hall–Kier alpha value is -0.630. The Kier molecular flexibility index (Phi) is 2.83. The second-order valence-electron chi connectivity index (χ2n) is 2.45. The van der Waals surface area contributed by atoms with Gasteiger partial charge in [-0.05, 0) is 24.6 Å². The Bertz CT molecular complexity index is 233. The molecule has 0 saturated heterocycles. The summed E-state index contributed by atoms with van der Waals surface area (Å²) < 4.78 is 5.07. The van der Waals surface area contributed by atoms with Crippen molar-refractivity contribution >= 4 is 12.6 Å². The van der Waals surface area contributed by atoms with E-state index in [9.17, 15) is 0 Å². The molecular weight excluding hydrogens is 156 g/mol. The third-order valence-corrected chi connectivity index (χ3v) is 1.87. The number of hydrogen-bond donors (Lipinski definition) is 1. The Morgan fingerprint density at radius 1 is 1.45 bits per heavy atom. The number of hydrogen-bond acceptors (Lipinski definition) is 2. The maximum atomic E-state index is 5.07. The predicted molar refractivity (Wildman–Crippen MR) is 50.4 cm³/mol. The van der Waals surface area contributed by atoms with E-state index < -0.39 is 0 Å². The Balaban J connectivity index is 2.91. The molecule has 60 valence electrons. The van der Waals surface area contributed by atoms with Crippen molar-refractivity contribution in [1.82, 2.24) is 0 Å². The molecule has 1 aromatic rings. The molecule has 0 aromatic heterocycles.